The molecule has 0 aliphatic heterocycles. The molecular weight excluding hydrogens is 368 g/mol. The third-order valence-electron chi connectivity index (χ3n) is 4.04. The maximum absolute atomic E-state index is 12.5. The Morgan fingerprint density at radius 1 is 1.15 bits per heavy atom. The van der Waals surface area contributed by atoms with Crippen molar-refractivity contribution in [3.63, 3.8) is 0 Å². The highest BCUT2D eigenvalue weighted by Crippen LogP contribution is 2.36. The number of hydrogen-bond donors (Lipinski definition) is 1. The molecule has 0 unspecified atom stereocenters. The highest BCUT2D eigenvalue weighted by atomic mass is 32.1. The van der Waals surface area contributed by atoms with E-state index in [2.05, 4.69) is 10.3 Å². The molecule has 4 rings (SSSR count). The highest BCUT2D eigenvalue weighted by molar-refractivity contribution is 7.22. The minimum Gasteiger partial charge on any atom is -0.493 e. The summed E-state index contributed by atoms with van der Waals surface area (Å²) in [6, 6.07) is 10.3. The molecule has 1 amide bonds. The number of para-hydroxylation sites is 1. The molecule has 0 aliphatic carbocycles. The Morgan fingerprint density at radius 2 is 1.89 bits per heavy atom. The molecular formula is C19H14N2O5S. The number of carbonyl (C=O) groups is 1. The number of hydrogen-bond acceptors (Lipinski definition) is 7. The first-order valence-corrected chi connectivity index (χ1v) is 8.77. The van der Waals surface area contributed by atoms with Gasteiger partial charge in [-0.25, -0.2) is 4.98 Å². The van der Waals surface area contributed by atoms with Crippen LogP contribution in [0.3, 0.4) is 0 Å². The zero-order valence-electron chi connectivity index (χ0n) is 14.4. The van der Waals surface area contributed by atoms with Crippen molar-refractivity contribution >= 4 is 43.6 Å². The number of benzene rings is 2. The van der Waals surface area contributed by atoms with Crippen LogP contribution < -0.4 is 20.2 Å². The Kier molecular flexibility index (Phi) is 4.25. The van der Waals surface area contributed by atoms with E-state index in [1.54, 1.807) is 43.5 Å². The molecule has 0 atom stereocenters. The van der Waals surface area contributed by atoms with Crippen LogP contribution in [0.2, 0.25) is 0 Å². The number of fused-ring (bicyclic) bond motifs is 2. The zero-order chi connectivity index (χ0) is 19.0. The van der Waals surface area contributed by atoms with Crippen LogP contribution in [0.15, 0.2) is 51.9 Å². The van der Waals surface area contributed by atoms with Crippen molar-refractivity contribution in [3.05, 3.63) is 58.4 Å². The van der Waals surface area contributed by atoms with E-state index >= 15 is 0 Å². The monoisotopic (exact) mass is 382 g/mol. The summed E-state index contributed by atoms with van der Waals surface area (Å²) in [5.41, 5.74) is 0.610. The molecule has 0 aliphatic rings. The van der Waals surface area contributed by atoms with Gasteiger partial charge < -0.3 is 13.9 Å². The Balaban J connectivity index is 1.69. The second-order valence-corrected chi connectivity index (χ2v) is 6.65. The maximum Gasteiger partial charge on any atom is 0.264 e. The van der Waals surface area contributed by atoms with Crippen molar-refractivity contribution < 1.29 is 18.7 Å². The topological polar surface area (TPSA) is 90.7 Å². The van der Waals surface area contributed by atoms with Crippen molar-refractivity contribution in [3.8, 4) is 11.5 Å². The summed E-state index contributed by atoms with van der Waals surface area (Å²) in [7, 11) is 3.09. The van der Waals surface area contributed by atoms with Crippen LogP contribution in [0.25, 0.3) is 21.2 Å². The van der Waals surface area contributed by atoms with Gasteiger partial charge in [0.05, 0.1) is 29.8 Å². The molecule has 2 aromatic carbocycles. The number of rotatable bonds is 4. The van der Waals surface area contributed by atoms with Gasteiger partial charge in [-0.2, -0.15) is 0 Å². The second-order valence-electron chi connectivity index (χ2n) is 5.62. The first-order chi connectivity index (χ1) is 13.1. The van der Waals surface area contributed by atoms with E-state index in [4.69, 9.17) is 13.9 Å². The molecule has 27 heavy (non-hydrogen) atoms. The lowest BCUT2D eigenvalue weighted by atomic mass is 10.1. The van der Waals surface area contributed by atoms with E-state index in [1.807, 2.05) is 0 Å². The van der Waals surface area contributed by atoms with Gasteiger partial charge in [0, 0.05) is 12.1 Å². The minimum absolute atomic E-state index is 0.0804. The van der Waals surface area contributed by atoms with E-state index in [9.17, 15) is 9.59 Å². The molecule has 0 spiro atoms. The smallest absolute Gasteiger partial charge is 0.264 e. The predicted molar refractivity (Wildman–Crippen MR) is 103 cm³/mol. The Labute approximate surface area is 157 Å². The minimum atomic E-state index is -0.576. The van der Waals surface area contributed by atoms with Crippen LogP contribution in [-0.2, 0) is 0 Å². The quantitative estimate of drug-likeness (QED) is 0.579. The molecule has 0 radical (unpaired) electrons. The molecule has 2 heterocycles. The van der Waals surface area contributed by atoms with Gasteiger partial charge in [0.2, 0.25) is 5.43 Å². The summed E-state index contributed by atoms with van der Waals surface area (Å²) in [5, 5.41) is 3.36. The molecule has 4 aromatic rings. The van der Waals surface area contributed by atoms with Gasteiger partial charge in [0.15, 0.2) is 16.6 Å². The molecule has 0 saturated heterocycles. The van der Waals surface area contributed by atoms with E-state index in [1.165, 1.54) is 24.7 Å². The fourth-order valence-electron chi connectivity index (χ4n) is 2.71. The predicted octanol–water partition coefficient (Wildman–Crippen LogP) is 3.67. The highest BCUT2D eigenvalue weighted by Gasteiger charge is 2.17. The van der Waals surface area contributed by atoms with Gasteiger partial charge in [-0.3, -0.25) is 14.9 Å². The van der Waals surface area contributed by atoms with Gasteiger partial charge in [0.25, 0.3) is 5.91 Å². The summed E-state index contributed by atoms with van der Waals surface area (Å²) in [4.78, 5) is 29.4. The second kappa shape index (κ2) is 6.73. The Morgan fingerprint density at radius 3 is 2.67 bits per heavy atom. The fourth-order valence-corrected chi connectivity index (χ4v) is 3.58. The normalized spacial score (nSPS) is 10.9. The van der Waals surface area contributed by atoms with E-state index < -0.39 is 11.3 Å². The first-order valence-electron chi connectivity index (χ1n) is 7.95. The van der Waals surface area contributed by atoms with Crippen molar-refractivity contribution in [2.45, 2.75) is 0 Å². The van der Waals surface area contributed by atoms with Crippen molar-refractivity contribution in [1.29, 1.82) is 0 Å². The van der Waals surface area contributed by atoms with Crippen LogP contribution in [0.5, 0.6) is 11.5 Å². The SMILES string of the molecule is COc1cc2nc(NC(=O)c3coc4ccccc4c3=O)sc2cc1OC. The summed E-state index contributed by atoms with van der Waals surface area (Å²) >= 11 is 1.27. The van der Waals surface area contributed by atoms with E-state index in [0.29, 0.717) is 33.1 Å². The Hall–Kier alpha value is -3.39. The number of nitrogens with one attached hydrogen (secondary N) is 1. The average Bonchev–Trinajstić information content (AvgIpc) is 3.08. The standard InChI is InChI=1S/C19H14N2O5S/c1-24-14-7-12-16(8-15(14)25-2)27-19(20-12)21-18(23)11-9-26-13-6-4-3-5-10(13)17(11)22/h3-9H,1-2H3,(H,20,21,23). The Bertz CT molecular complexity index is 1190. The summed E-state index contributed by atoms with van der Waals surface area (Å²) in [6.07, 6.45) is 1.17. The first kappa shape index (κ1) is 17.0. The van der Waals surface area contributed by atoms with E-state index in [0.717, 1.165) is 4.70 Å². The number of anilines is 1. The molecule has 0 fully saturated rings. The van der Waals surface area contributed by atoms with Crippen molar-refractivity contribution in [2.75, 3.05) is 19.5 Å². The zero-order valence-corrected chi connectivity index (χ0v) is 15.3. The van der Waals surface area contributed by atoms with Crippen LogP contribution in [0, 0.1) is 0 Å². The lowest BCUT2D eigenvalue weighted by Gasteiger charge is -2.05. The van der Waals surface area contributed by atoms with Crippen molar-refractivity contribution in [1.82, 2.24) is 4.98 Å². The third-order valence-corrected chi connectivity index (χ3v) is 4.97. The van der Waals surface area contributed by atoms with Crippen LogP contribution in [-0.4, -0.2) is 25.1 Å². The molecule has 7 nitrogen and oxygen atoms in total. The summed E-state index contributed by atoms with van der Waals surface area (Å²) < 4.78 is 16.7. The lowest BCUT2D eigenvalue weighted by molar-refractivity contribution is 0.102. The molecule has 0 bridgehead atoms. The average molecular weight is 382 g/mol. The molecule has 1 N–H and O–H groups in total. The summed E-state index contributed by atoms with van der Waals surface area (Å²) in [5.74, 6) is 0.539. The number of amides is 1. The number of carbonyl (C=O) groups excluding carboxylic acids is 1. The van der Waals surface area contributed by atoms with E-state index in [-0.39, 0.29) is 5.56 Å². The fraction of sp³-hybridized carbons (Fsp3) is 0.105. The van der Waals surface area contributed by atoms with Crippen LogP contribution in [0.1, 0.15) is 10.4 Å². The van der Waals surface area contributed by atoms with Crippen molar-refractivity contribution in [2.24, 2.45) is 0 Å². The summed E-state index contributed by atoms with van der Waals surface area (Å²) in [6.45, 7) is 0. The van der Waals surface area contributed by atoms with Gasteiger partial charge in [-0.05, 0) is 12.1 Å². The molecule has 2 aromatic heterocycles. The molecule has 0 saturated carbocycles. The number of aromatic nitrogens is 1. The number of ether oxygens (including phenoxy) is 2. The number of methoxy groups -OCH3 is 2. The van der Waals surface area contributed by atoms with Gasteiger partial charge in [0.1, 0.15) is 17.4 Å². The van der Waals surface area contributed by atoms with Gasteiger partial charge >= 0.3 is 0 Å². The number of thiazole rings is 1. The molecule has 8 heteroatoms. The lowest BCUT2D eigenvalue weighted by Crippen LogP contribution is -2.21. The third kappa shape index (κ3) is 3.00. The molecule has 136 valence electrons. The van der Waals surface area contributed by atoms with Crippen LogP contribution >= 0.6 is 11.3 Å². The van der Waals surface area contributed by atoms with Gasteiger partial charge in [-0.15, -0.1) is 0 Å². The number of nitrogens with zero attached hydrogens (tertiary/aromatic N) is 1. The largest absolute Gasteiger partial charge is 0.493 e. The van der Waals surface area contributed by atoms with Crippen LogP contribution in [0.4, 0.5) is 5.13 Å². The maximum atomic E-state index is 12.5. The van der Waals surface area contributed by atoms with Gasteiger partial charge in [-0.1, -0.05) is 23.5 Å².